The summed E-state index contributed by atoms with van der Waals surface area (Å²) in [6.07, 6.45) is 0.957. The van der Waals surface area contributed by atoms with Crippen LogP contribution in [0, 0.1) is 5.92 Å². The molecule has 0 saturated heterocycles. The summed E-state index contributed by atoms with van der Waals surface area (Å²) in [5, 5.41) is 21.6. The van der Waals surface area contributed by atoms with E-state index in [1.807, 2.05) is 13.8 Å². The quantitative estimate of drug-likeness (QED) is 0.358. The smallest absolute Gasteiger partial charge is 0.346 e. The average molecular weight is 524 g/mol. The molecule has 4 N–H and O–H groups in total. The Bertz CT molecular complexity index is 1510. The van der Waals surface area contributed by atoms with Crippen molar-refractivity contribution in [3.8, 4) is 17.0 Å². The Balaban J connectivity index is 1.88. The van der Waals surface area contributed by atoms with Crippen LogP contribution >= 0.6 is 18.9 Å². The van der Waals surface area contributed by atoms with E-state index in [4.69, 9.17) is 0 Å². The summed E-state index contributed by atoms with van der Waals surface area (Å²) in [7, 11) is -8.04. The maximum absolute atomic E-state index is 13.3. The molecule has 11 nitrogen and oxygen atoms in total. The maximum Gasteiger partial charge on any atom is 0.346 e. The molecule has 4 rings (SSSR count). The van der Waals surface area contributed by atoms with Gasteiger partial charge in [-0.05, 0) is 35.6 Å². The number of sulfonamides is 1. The first kappa shape index (κ1) is 24.1. The van der Waals surface area contributed by atoms with Crippen LogP contribution in [0.1, 0.15) is 19.4 Å². The van der Waals surface area contributed by atoms with E-state index in [1.165, 1.54) is 34.2 Å². The van der Waals surface area contributed by atoms with Crippen LogP contribution in [0.4, 0.5) is 11.4 Å². The van der Waals surface area contributed by atoms with Crippen molar-refractivity contribution in [2.24, 2.45) is 10.7 Å². The van der Waals surface area contributed by atoms with Gasteiger partial charge in [-0.2, -0.15) is 21.2 Å². The molecule has 0 amide bonds. The van der Waals surface area contributed by atoms with Gasteiger partial charge in [0.15, 0.2) is 11.6 Å². The molecule has 1 atom stereocenters. The fourth-order valence-electron chi connectivity index (χ4n) is 3.45. The van der Waals surface area contributed by atoms with E-state index in [1.54, 1.807) is 16.8 Å². The Kier molecular flexibility index (Phi) is 6.15. The highest BCUT2D eigenvalue weighted by molar-refractivity contribution is 7.92. The van der Waals surface area contributed by atoms with Crippen molar-refractivity contribution >= 4 is 51.4 Å². The van der Waals surface area contributed by atoms with Crippen molar-refractivity contribution in [2.45, 2.75) is 20.4 Å². The number of amidine groups is 1. The third kappa shape index (κ3) is 4.78. The van der Waals surface area contributed by atoms with Crippen molar-refractivity contribution in [3.63, 3.8) is 0 Å². The van der Waals surface area contributed by atoms with Crippen LogP contribution in [0.3, 0.4) is 0 Å². The van der Waals surface area contributed by atoms with E-state index >= 15 is 0 Å². The number of hydrogen-bond acceptors (Lipinski definition) is 8. The number of nitrogens with zero attached hydrogens (tertiary/aromatic N) is 3. The number of anilines is 2. The maximum atomic E-state index is 13.3. The van der Waals surface area contributed by atoms with Crippen LogP contribution in [-0.4, -0.2) is 40.3 Å². The average Bonchev–Trinajstić information content (AvgIpc) is 3.23. The fraction of sp³-hybridized carbons (Fsp3) is 0.250. The largest absolute Gasteiger partial charge is 0.505 e. The van der Waals surface area contributed by atoms with Crippen LogP contribution in [0.5, 0.6) is 5.75 Å². The molecule has 0 aliphatic carbocycles. The van der Waals surface area contributed by atoms with Gasteiger partial charge < -0.3 is 15.3 Å². The van der Waals surface area contributed by atoms with Gasteiger partial charge >= 0.3 is 7.52 Å². The number of aromatic nitrogens is 2. The van der Waals surface area contributed by atoms with Crippen molar-refractivity contribution in [2.75, 3.05) is 16.3 Å². The van der Waals surface area contributed by atoms with E-state index < -0.39 is 28.9 Å². The molecule has 0 fully saturated rings. The Hall–Kier alpha value is -2.99. The normalized spacial score (nSPS) is 17.7. The van der Waals surface area contributed by atoms with Gasteiger partial charge in [0.05, 0.1) is 17.2 Å². The van der Waals surface area contributed by atoms with Gasteiger partial charge in [-0.3, -0.25) is 14.1 Å². The summed E-state index contributed by atoms with van der Waals surface area (Å²) in [6, 6.07) is 5.73. The zero-order valence-corrected chi connectivity index (χ0v) is 20.9. The summed E-state index contributed by atoms with van der Waals surface area (Å²) < 4.78 is 43.5. The van der Waals surface area contributed by atoms with Crippen molar-refractivity contribution in [1.29, 1.82) is 0 Å². The minimum atomic E-state index is -4.44. The fourth-order valence-corrected chi connectivity index (χ4v) is 5.93. The molecule has 0 bridgehead atoms. The molecule has 14 heteroatoms. The third-order valence-electron chi connectivity index (χ3n) is 4.80. The lowest BCUT2D eigenvalue weighted by Gasteiger charge is -2.23. The molecule has 1 aliphatic rings. The van der Waals surface area contributed by atoms with Crippen LogP contribution in [0.15, 0.2) is 44.6 Å². The number of aromatic hydroxyl groups is 1. The minimum Gasteiger partial charge on any atom is -0.505 e. The third-order valence-corrected chi connectivity index (χ3v) is 7.56. The zero-order valence-electron chi connectivity index (χ0n) is 18.4. The first-order chi connectivity index (χ1) is 15.9. The minimum absolute atomic E-state index is 0.0598. The molecule has 3 aromatic rings. The summed E-state index contributed by atoms with van der Waals surface area (Å²) in [4.78, 5) is 23.9. The number of hydrogen-bond donors (Lipinski definition) is 4. The summed E-state index contributed by atoms with van der Waals surface area (Å²) in [5.74, 6) is -0.681. The molecule has 0 saturated carbocycles. The second-order valence-corrected chi connectivity index (χ2v) is 12.5. The van der Waals surface area contributed by atoms with Gasteiger partial charge in [0.2, 0.25) is 10.0 Å². The highest BCUT2D eigenvalue weighted by atomic mass is 32.2. The van der Waals surface area contributed by atoms with Crippen molar-refractivity contribution in [3.05, 3.63) is 50.9 Å². The topological polar surface area (TPSA) is 163 Å². The molecule has 0 radical (unpaired) electrons. The number of fused-ring (bicyclic) bond motifs is 1. The van der Waals surface area contributed by atoms with Gasteiger partial charge in [0, 0.05) is 23.2 Å². The zero-order chi connectivity index (χ0) is 24.8. The first-order valence-electron chi connectivity index (χ1n) is 10.0. The lowest BCUT2D eigenvalue weighted by Crippen LogP contribution is -2.35. The molecular formula is C20H22N5O6PS2. The number of nitrogens with one attached hydrogen (secondary N) is 2. The molecule has 180 valence electrons. The van der Waals surface area contributed by atoms with E-state index in [0.29, 0.717) is 5.56 Å². The van der Waals surface area contributed by atoms with E-state index in [9.17, 15) is 27.8 Å². The molecule has 1 aliphatic heterocycles. The van der Waals surface area contributed by atoms with E-state index in [-0.39, 0.29) is 46.2 Å². The number of benzene rings is 1. The number of thiophene rings is 1. The SMILES string of the molecule is CC(C)Cn1nc(-c2ccsc2)c(O)c(C2=NP(=O)(O)c3cc(NS(C)(=O)=O)ccc3N2)c1=O. The summed E-state index contributed by atoms with van der Waals surface area (Å²) in [6.45, 7) is 4.06. The van der Waals surface area contributed by atoms with Crippen LogP contribution in [-0.2, 0) is 21.1 Å². The van der Waals surface area contributed by atoms with Gasteiger partial charge in [-0.15, -0.1) is 0 Å². The summed E-state index contributed by atoms with van der Waals surface area (Å²) >= 11 is 1.39. The molecule has 3 heterocycles. The molecule has 2 aromatic heterocycles. The second kappa shape index (κ2) is 8.66. The molecule has 1 aromatic carbocycles. The Morgan fingerprint density at radius 1 is 1.29 bits per heavy atom. The highest BCUT2D eigenvalue weighted by Gasteiger charge is 2.34. The van der Waals surface area contributed by atoms with Crippen molar-refractivity contribution in [1.82, 2.24) is 9.78 Å². The standard InChI is InChI=1S/C20H22N5O6PS2/c1-11(2)9-25-20(27)16(18(26)17(22-25)12-6-7-33-10-12)19-21-14-5-4-13(24-34(3,30)31)8-15(14)32(28,29)23-19/h4-8,10-11,24,26H,9H2,1-3H3,(H2,21,23,28,29). The molecule has 0 spiro atoms. The Morgan fingerprint density at radius 2 is 2.03 bits per heavy atom. The molecule has 34 heavy (non-hydrogen) atoms. The number of rotatable bonds is 6. The Labute approximate surface area is 199 Å². The van der Waals surface area contributed by atoms with Crippen LogP contribution in [0.25, 0.3) is 11.3 Å². The molecular weight excluding hydrogens is 501 g/mol. The van der Waals surface area contributed by atoms with Crippen LogP contribution < -0.4 is 20.9 Å². The van der Waals surface area contributed by atoms with Crippen LogP contribution in [0.2, 0.25) is 0 Å². The summed E-state index contributed by atoms with van der Waals surface area (Å²) in [5.41, 5.74) is 0.0131. The predicted octanol–water partition coefficient (Wildman–Crippen LogP) is 2.39. The lowest BCUT2D eigenvalue weighted by molar-refractivity contribution is 0.437. The lowest BCUT2D eigenvalue weighted by atomic mass is 10.1. The van der Waals surface area contributed by atoms with Gasteiger partial charge in [-0.1, -0.05) is 13.8 Å². The molecule has 1 unspecified atom stereocenters. The predicted molar refractivity (Wildman–Crippen MR) is 133 cm³/mol. The van der Waals surface area contributed by atoms with E-state index in [2.05, 4.69) is 19.9 Å². The Morgan fingerprint density at radius 3 is 2.65 bits per heavy atom. The monoisotopic (exact) mass is 523 g/mol. The van der Waals surface area contributed by atoms with E-state index in [0.717, 1.165) is 6.26 Å². The van der Waals surface area contributed by atoms with Gasteiger partial charge in [0.25, 0.3) is 5.56 Å². The van der Waals surface area contributed by atoms with Gasteiger partial charge in [0.1, 0.15) is 11.3 Å². The van der Waals surface area contributed by atoms with Crippen molar-refractivity contribution < 1.29 is 23.0 Å². The second-order valence-electron chi connectivity index (χ2n) is 8.19. The highest BCUT2D eigenvalue weighted by Crippen LogP contribution is 2.47. The van der Waals surface area contributed by atoms with Gasteiger partial charge in [-0.25, -0.2) is 13.1 Å². The first-order valence-corrected chi connectivity index (χ1v) is 14.5.